The minimum absolute atomic E-state index is 0.0434. The van der Waals surface area contributed by atoms with Gasteiger partial charge < -0.3 is 9.80 Å². The summed E-state index contributed by atoms with van der Waals surface area (Å²) < 4.78 is 23.1. The zero-order valence-corrected chi connectivity index (χ0v) is 15.0. The Morgan fingerprint density at radius 2 is 2.09 bits per heavy atom. The van der Waals surface area contributed by atoms with Gasteiger partial charge in [-0.15, -0.1) is 0 Å². The minimum atomic E-state index is -2.88. The van der Waals surface area contributed by atoms with Crippen LogP contribution in [0.3, 0.4) is 0 Å². The Bertz CT molecular complexity index is 658. The standard InChI is InChI=1S/C17H26N2O3S/c1-4-19(15-7-5-6-14(2)12-15)17(20)8-10-18(3)16-9-11-23(21,22)13-16/h5-7,12,16H,4,8-11,13H2,1-3H3. The summed E-state index contributed by atoms with van der Waals surface area (Å²) in [6.45, 7) is 5.19. The van der Waals surface area contributed by atoms with E-state index in [4.69, 9.17) is 0 Å². The highest BCUT2D eigenvalue weighted by molar-refractivity contribution is 7.91. The fourth-order valence-electron chi connectivity index (χ4n) is 3.01. The number of benzene rings is 1. The van der Waals surface area contributed by atoms with Crippen molar-refractivity contribution in [3.05, 3.63) is 29.8 Å². The molecule has 1 heterocycles. The molecule has 1 amide bonds. The van der Waals surface area contributed by atoms with Crippen LogP contribution >= 0.6 is 0 Å². The minimum Gasteiger partial charge on any atom is -0.313 e. The summed E-state index contributed by atoms with van der Waals surface area (Å²) in [7, 11) is -0.980. The fourth-order valence-corrected chi connectivity index (χ4v) is 4.82. The molecule has 5 nitrogen and oxygen atoms in total. The SMILES string of the molecule is CCN(C(=O)CCN(C)C1CCS(=O)(=O)C1)c1cccc(C)c1. The van der Waals surface area contributed by atoms with Gasteiger partial charge in [0.05, 0.1) is 11.5 Å². The van der Waals surface area contributed by atoms with Crippen LogP contribution in [0.5, 0.6) is 0 Å². The molecule has 1 aromatic carbocycles. The Labute approximate surface area is 139 Å². The highest BCUT2D eigenvalue weighted by atomic mass is 32.2. The van der Waals surface area contributed by atoms with Gasteiger partial charge in [-0.25, -0.2) is 8.42 Å². The van der Waals surface area contributed by atoms with E-state index >= 15 is 0 Å². The van der Waals surface area contributed by atoms with Crippen LogP contribution in [-0.2, 0) is 14.6 Å². The zero-order valence-electron chi connectivity index (χ0n) is 14.2. The molecule has 0 N–H and O–H groups in total. The molecule has 0 spiro atoms. The van der Waals surface area contributed by atoms with Gasteiger partial charge in [0, 0.05) is 31.2 Å². The monoisotopic (exact) mass is 338 g/mol. The molecule has 0 radical (unpaired) electrons. The molecule has 1 aromatic rings. The van der Waals surface area contributed by atoms with Gasteiger partial charge >= 0.3 is 0 Å². The lowest BCUT2D eigenvalue weighted by Gasteiger charge is -2.26. The second kappa shape index (κ2) is 7.45. The maximum atomic E-state index is 12.5. The first-order chi connectivity index (χ1) is 10.8. The zero-order chi connectivity index (χ0) is 17.0. The molecule has 0 bridgehead atoms. The molecule has 1 aliphatic rings. The van der Waals surface area contributed by atoms with E-state index in [0.29, 0.717) is 25.9 Å². The molecule has 0 aromatic heterocycles. The van der Waals surface area contributed by atoms with Gasteiger partial charge in [-0.05, 0) is 45.0 Å². The van der Waals surface area contributed by atoms with Crippen LogP contribution < -0.4 is 4.90 Å². The molecule has 0 aliphatic carbocycles. The summed E-state index contributed by atoms with van der Waals surface area (Å²) in [5.41, 5.74) is 2.05. The van der Waals surface area contributed by atoms with Gasteiger partial charge in [0.25, 0.3) is 0 Å². The predicted molar refractivity (Wildman–Crippen MR) is 93.5 cm³/mol. The first-order valence-corrected chi connectivity index (χ1v) is 9.92. The molecule has 1 saturated heterocycles. The van der Waals surface area contributed by atoms with Crippen molar-refractivity contribution >= 4 is 21.4 Å². The quantitative estimate of drug-likeness (QED) is 0.794. The largest absolute Gasteiger partial charge is 0.313 e. The van der Waals surface area contributed by atoms with Gasteiger partial charge in [-0.3, -0.25) is 4.79 Å². The number of anilines is 1. The second-order valence-electron chi connectivity index (χ2n) is 6.26. The van der Waals surface area contributed by atoms with Crippen molar-refractivity contribution < 1.29 is 13.2 Å². The topological polar surface area (TPSA) is 57.7 Å². The van der Waals surface area contributed by atoms with E-state index in [1.165, 1.54) is 0 Å². The lowest BCUT2D eigenvalue weighted by atomic mass is 10.2. The third kappa shape index (κ3) is 4.78. The third-order valence-electron chi connectivity index (χ3n) is 4.44. The van der Waals surface area contributed by atoms with Crippen LogP contribution in [0.2, 0.25) is 0 Å². The third-order valence-corrected chi connectivity index (χ3v) is 6.19. The number of rotatable bonds is 6. The number of hydrogen-bond acceptors (Lipinski definition) is 4. The van der Waals surface area contributed by atoms with Crippen LogP contribution in [-0.4, -0.2) is 56.9 Å². The molecule has 1 fully saturated rings. The number of nitrogens with zero attached hydrogens (tertiary/aromatic N) is 2. The molecule has 2 rings (SSSR count). The Balaban J connectivity index is 1.92. The van der Waals surface area contributed by atoms with Crippen LogP contribution in [0.1, 0.15) is 25.3 Å². The summed E-state index contributed by atoms with van der Waals surface area (Å²) in [5, 5.41) is 0. The van der Waals surface area contributed by atoms with Crippen molar-refractivity contribution in [3.63, 3.8) is 0 Å². The molecule has 0 saturated carbocycles. The van der Waals surface area contributed by atoms with Gasteiger partial charge in [0.1, 0.15) is 0 Å². The van der Waals surface area contributed by atoms with Gasteiger partial charge in [-0.2, -0.15) is 0 Å². The average Bonchev–Trinajstić information content (AvgIpc) is 2.86. The number of carbonyl (C=O) groups excluding carboxylic acids is 1. The second-order valence-corrected chi connectivity index (χ2v) is 8.49. The first-order valence-electron chi connectivity index (χ1n) is 8.10. The molecule has 6 heteroatoms. The smallest absolute Gasteiger partial charge is 0.228 e. The molecule has 1 atom stereocenters. The molecule has 23 heavy (non-hydrogen) atoms. The maximum Gasteiger partial charge on any atom is 0.228 e. The fraction of sp³-hybridized carbons (Fsp3) is 0.588. The van der Waals surface area contributed by atoms with Crippen LogP contribution in [0, 0.1) is 6.92 Å². The normalized spacial score (nSPS) is 19.9. The summed E-state index contributed by atoms with van der Waals surface area (Å²) in [6.07, 6.45) is 1.07. The summed E-state index contributed by atoms with van der Waals surface area (Å²) >= 11 is 0. The summed E-state index contributed by atoms with van der Waals surface area (Å²) in [5.74, 6) is 0.554. The Hall–Kier alpha value is -1.40. The van der Waals surface area contributed by atoms with Gasteiger partial charge in [0.15, 0.2) is 9.84 Å². The summed E-state index contributed by atoms with van der Waals surface area (Å²) in [6, 6.07) is 7.96. The van der Waals surface area contributed by atoms with Crippen molar-refractivity contribution in [2.24, 2.45) is 0 Å². The summed E-state index contributed by atoms with van der Waals surface area (Å²) in [4.78, 5) is 16.3. The van der Waals surface area contributed by atoms with E-state index < -0.39 is 9.84 Å². The van der Waals surface area contributed by atoms with E-state index in [1.807, 2.05) is 50.1 Å². The van der Waals surface area contributed by atoms with E-state index in [0.717, 1.165) is 11.3 Å². The molecular formula is C17H26N2O3S. The average molecular weight is 338 g/mol. The lowest BCUT2D eigenvalue weighted by Crippen LogP contribution is -2.37. The van der Waals surface area contributed by atoms with Crippen molar-refractivity contribution in [2.75, 3.05) is 36.5 Å². The first kappa shape index (κ1) is 17.9. The molecule has 1 unspecified atom stereocenters. The van der Waals surface area contributed by atoms with Crippen molar-refractivity contribution in [1.82, 2.24) is 4.90 Å². The predicted octanol–water partition coefficient (Wildman–Crippen LogP) is 1.86. The highest BCUT2D eigenvalue weighted by Gasteiger charge is 2.30. The van der Waals surface area contributed by atoms with Crippen LogP contribution in [0.15, 0.2) is 24.3 Å². The molecule has 1 aliphatic heterocycles. The van der Waals surface area contributed by atoms with Crippen molar-refractivity contribution in [1.29, 1.82) is 0 Å². The Kier molecular flexibility index (Phi) is 5.81. The molecule has 128 valence electrons. The van der Waals surface area contributed by atoms with Crippen molar-refractivity contribution in [3.8, 4) is 0 Å². The van der Waals surface area contributed by atoms with E-state index in [9.17, 15) is 13.2 Å². The number of sulfone groups is 1. The van der Waals surface area contributed by atoms with Crippen LogP contribution in [0.25, 0.3) is 0 Å². The van der Waals surface area contributed by atoms with E-state index in [2.05, 4.69) is 0 Å². The Morgan fingerprint density at radius 3 is 2.65 bits per heavy atom. The van der Waals surface area contributed by atoms with E-state index in [1.54, 1.807) is 4.90 Å². The lowest BCUT2D eigenvalue weighted by molar-refractivity contribution is -0.118. The number of carbonyl (C=O) groups is 1. The van der Waals surface area contributed by atoms with Crippen LogP contribution in [0.4, 0.5) is 5.69 Å². The van der Waals surface area contributed by atoms with E-state index in [-0.39, 0.29) is 23.5 Å². The van der Waals surface area contributed by atoms with Gasteiger partial charge in [0.2, 0.25) is 5.91 Å². The number of aryl methyl sites for hydroxylation is 1. The van der Waals surface area contributed by atoms with Gasteiger partial charge in [-0.1, -0.05) is 12.1 Å². The Morgan fingerprint density at radius 1 is 1.35 bits per heavy atom. The number of hydrogen-bond donors (Lipinski definition) is 0. The number of amides is 1. The van der Waals surface area contributed by atoms with Crippen molar-refractivity contribution in [2.45, 2.75) is 32.7 Å². The molecular weight excluding hydrogens is 312 g/mol. The highest BCUT2D eigenvalue weighted by Crippen LogP contribution is 2.19. The maximum absolute atomic E-state index is 12.5.